The van der Waals surface area contributed by atoms with Crippen LogP contribution in [0.5, 0.6) is 0 Å². The number of rotatable bonds is 5. The van der Waals surface area contributed by atoms with Gasteiger partial charge in [0.2, 0.25) is 0 Å². The molecular formula is C25H23F3N6O. The molecule has 1 amide bonds. The van der Waals surface area contributed by atoms with Gasteiger partial charge in [0.05, 0.1) is 23.1 Å². The molecule has 35 heavy (non-hydrogen) atoms. The van der Waals surface area contributed by atoms with E-state index in [-0.39, 0.29) is 11.6 Å². The molecule has 0 N–H and O–H groups in total. The molecule has 0 unspecified atom stereocenters. The Kier molecular flexibility index (Phi) is 6.12. The third-order valence-electron chi connectivity index (χ3n) is 6.01. The molecule has 1 fully saturated rings. The molecule has 180 valence electrons. The van der Waals surface area contributed by atoms with Crippen LogP contribution in [0.2, 0.25) is 0 Å². The maximum Gasteiger partial charge on any atom is 0.416 e. The van der Waals surface area contributed by atoms with Gasteiger partial charge in [-0.3, -0.25) is 14.7 Å². The van der Waals surface area contributed by atoms with Crippen molar-refractivity contribution in [3.8, 4) is 11.5 Å². The summed E-state index contributed by atoms with van der Waals surface area (Å²) in [5, 5.41) is 4.31. The first-order valence-corrected chi connectivity index (χ1v) is 11.2. The summed E-state index contributed by atoms with van der Waals surface area (Å²) in [6.07, 6.45) is 2.19. The molecule has 1 aromatic carbocycles. The fourth-order valence-corrected chi connectivity index (χ4v) is 4.22. The molecule has 1 saturated heterocycles. The molecule has 7 nitrogen and oxygen atoms in total. The van der Waals surface area contributed by atoms with Crippen LogP contribution in [0.15, 0.2) is 79.4 Å². The van der Waals surface area contributed by atoms with Crippen LogP contribution in [0.25, 0.3) is 11.5 Å². The van der Waals surface area contributed by atoms with Gasteiger partial charge in [-0.05, 0) is 42.5 Å². The zero-order chi connectivity index (χ0) is 24.4. The van der Waals surface area contributed by atoms with Crippen molar-refractivity contribution < 1.29 is 18.0 Å². The fraction of sp³-hybridized carbons (Fsp3) is 0.240. The summed E-state index contributed by atoms with van der Waals surface area (Å²) in [6.45, 7) is 3.17. The largest absolute Gasteiger partial charge is 0.416 e. The number of pyridine rings is 1. The number of aromatic nitrogens is 4. The van der Waals surface area contributed by atoms with Gasteiger partial charge in [0.1, 0.15) is 5.56 Å². The monoisotopic (exact) mass is 480 g/mol. The van der Waals surface area contributed by atoms with Gasteiger partial charge in [0, 0.05) is 51.3 Å². The van der Waals surface area contributed by atoms with Gasteiger partial charge in [-0.1, -0.05) is 12.1 Å². The molecule has 4 heterocycles. The van der Waals surface area contributed by atoms with Crippen LogP contribution in [0.4, 0.5) is 13.2 Å². The Balaban J connectivity index is 1.40. The molecular weight excluding hydrogens is 457 g/mol. The highest BCUT2D eigenvalue weighted by Crippen LogP contribution is 2.31. The first kappa shape index (κ1) is 22.9. The third kappa shape index (κ3) is 4.83. The third-order valence-corrected chi connectivity index (χ3v) is 6.01. The summed E-state index contributed by atoms with van der Waals surface area (Å²) in [6, 6.07) is 14.3. The zero-order valence-corrected chi connectivity index (χ0v) is 18.8. The van der Waals surface area contributed by atoms with E-state index in [1.165, 1.54) is 16.9 Å². The molecule has 4 aromatic rings. The minimum absolute atomic E-state index is 0.204. The Labute approximate surface area is 200 Å². The number of alkyl halides is 3. The maximum absolute atomic E-state index is 13.5. The van der Waals surface area contributed by atoms with Crippen molar-refractivity contribution in [1.82, 2.24) is 29.1 Å². The van der Waals surface area contributed by atoms with Gasteiger partial charge in [-0.25, -0.2) is 4.68 Å². The lowest BCUT2D eigenvalue weighted by molar-refractivity contribution is -0.137. The Morgan fingerprint density at radius 2 is 1.71 bits per heavy atom. The number of benzene rings is 1. The summed E-state index contributed by atoms with van der Waals surface area (Å²) < 4.78 is 43.0. The molecule has 0 aliphatic carbocycles. The first-order chi connectivity index (χ1) is 16.9. The van der Waals surface area contributed by atoms with Crippen LogP contribution < -0.4 is 0 Å². The predicted molar refractivity (Wildman–Crippen MR) is 123 cm³/mol. The van der Waals surface area contributed by atoms with Crippen molar-refractivity contribution in [2.24, 2.45) is 0 Å². The van der Waals surface area contributed by atoms with E-state index in [2.05, 4.69) is 15.0 Å². The van der Waals surface area contributed by atoms with Crippen molar-refractivity contribution in [1.29, 1.82) is 0 Å². The van der Waals surface area contributed by atoms with Crippen LogP contribution in [-0.4, -0.2) is 61.2 Å². The number of hydrogen-bond acceptors (Lipinski definition) is 4. The van der Waals surface area contributed by atoms with Gasteiger partial charge in [-0.15, -0.1) is 0 Å². The number of nitrogens with zero attached hydrogens (tertiary/aromatic N) is 6. The zero-order valence-electron chi connectivity index (χ0n) is 18.8. The lowest BCUT2D eigenvalue weighted by Gasteiger charge is -2.34. The van der Waals surface area contributed by atoms with Gasteiger partial charge in [-0.2, -0.15) is 18.3 Å². The number of carbonyl (C=O) groups is 1. The molecule has 0 radical (unpaired) electrons. The van der Waals surface area contributed by atoms with E-state index in [9.17, 15) is 18.0 Å². The summed E-state index contributed by atoms with van der Waals surface area (Å²) in [5.41, 5.74) is 0.755. The molecule has 0 saturated carbocycles. The highest BCUT2D eigenvalue weighted by atomic mass is 19.4. The lowest BCUT2D eigenvalue weighted by atomic mass is 10.2. The van der Waals surface area contributed by atoms with Crippen molar-refractivity contribution in [2.45, 2.75) is 12.7 Å². The molecule has 0 bridgehead atoms. The SMILES string of the molecule is O=C(c1cnn(-c2cccc(C(F)(F)F)c2)c1-n1cccc1)N1CCN(Cc2ccccn2)CC1. The summed E-state index contributed by atoms with van der Waals surface area (Å²) >= 11 is 0. The van der Waals surface area contributed by atoms with E-state index in [1.807, 2.05) is 18.2 Å². The minimum atomic E-state index is -4.48. The number of piperazine rings is 1. The molecule has 1 aliphatic heterocycles. The fourth-order valence-electron chi connectivity index (χ4n) is 4.22. The smallest absolute Gasteiger partial charge is 0.336 e. The molecule has 5 rings (SSSR count). The van der Waals surface area contributed by atoms with Crippen LogP contribution in [0, 0.1) is 0 Å². The van der Waals surface area contributed by atoms with Gasteiger partial charge < -0.3 is 9.47 Å². The second-order valence-electron chi connectivity index (χ2n) is 8.32. The molecule has 10 heteroatoms. The lowest BCUT2D eigenvalue weighted by Crippen LogP contribution is -2.48. The van der Waals surface area contributed by atoms with E-state index < -0.39 is 11.7 Å². The van der Waals surface area contributed by atoms with E-state index in [4.69, 9.17) is 0 Å². The summed E-state index contributed by atoms with van der Waals surface area (Å²) in [7, 11) is 0. The highest BCUT2D eigenvalue weighted by Gasteiger charge is 2.32. The van der Waals surface area contributed by atoms with Gasteiger partial charge in [0.25, 0.3) is 5.91 Å². The number of halogens is 3. The van der Waals surface area contributed by atoms with E-state index >= 15 is 0 Å². The Bertz CT molecular complexity index is 1290. The minimum Gasteiger partial charge on any atom is -0.336 e. The van der Waals surface area contributed by atoms with Gasteiger partial charge >= 0.3 is 6.18 Å². The van der Waals surface area contributed by atoms with Crippen LogP contribution in [-0.2, 0) is 12.7 Å². The van der Waals surface area contributed by atoms with E-state index in [0.717, 1.165) is 17.8 Å². The van der Waals surface area contributed by atoms with Crippen molar-refractivity contribution >= 4 is 5.91 Å². The second kappa shape index (κ2) is 9.38. The topological polar surface area (TPSA) is 59.2 Å². The first-order valence-electron chi connectivity index (χ1n) is 11.2. The van der Waals surface area contributed by atoms with E-state index in [0.29, 0.717) is 44.1 Å². The second-order valence-corrected chi connectivity index (χ2v) is 8.32. The quantitative estimate of drug-likeness (QED) is 0.433. The summed E-state index contributed by atoms with van der Waals surface area (Å²) in [5.74, 6) is 0.194. The highest BCUT2D eigenvalue weighted by molar-refractivity contribution is 5.97. The standard InChI is InChI=1S/C25H23F3N6O/c26-25(27,28)19-6-5-8-21(16-19)34-23(32-10-3-4-11-32)22(17-30-34)24(35)33-14-12-31(13-15-33)18-20-7-1-2-9-29-20/h1-11,16-17H,12-15,18H2. The van der Waals surface area contributed by atoms with E-state index in [1.54, 1.807) is 46.3 Å². The van der Waals surface area contributed by atoms with Gasteiger partial charge in [0.15, 0.2) is 5.82 Å². The predicted octanol–water partition coefficient (Wildman–Crippen LogP) is 4.03. The van der Waals surface area contributed by atoms with Crippen LogP contribution >= 0.6 is 0 Å². The molecule has 1 aliphatic rings. The molecule has 0 atom stereocenters. The molecule has 3 aromatic heterocycles. The number of hydrogen-bond donors (Lipinski definition) is 0. The van der Waals surface area contributed by atoms with Crippen molar-refractivity contribution in [3.63, 3.8) is 0 Å². The Hall–Kier alpha value is -3.92. The normalized spacial score (nSPS) is 14.9. The average Bonchev–Trinajstić information content (AvgIpc) is 3.54. The maximum atomic E-state index is 13.5. The molecule has 0 spiro atoms. The van der Waals surface area contributed by atoms with Crippen LogP contribution in [0.1, 0.15) is 21.6 Å². The number of carbonyl (C=O) groups excluding carboxylic acids is 1. The Morgan fingerprint density at radius 1 is 0.943 bits per heavy atom. The average molecular weight is 480 g/mol. The van der Waals surface area contributed by atoms with Crippen molar-refractivity contribution in [2.75, 3.05) is 26.2 Å². The van der Waals surface area contributed by atoms with Crippen molar-refractivity contribution in [3.05, 3.63) is 96.2 Å². The Morgan fingerprint density at radius 3 is 2.40 bits per heavy atom. The van der Waals surface area contributed by atoms with Crippen LogP contribution in [0.3, 0.4) is 0 Å². The summed E-state index contributed by atoms with van der Waals surface area (Å²) in [4.78, 5) is 21.9. The number of amides is 1.